The maximum absolute atomic E-state index is 12.7. The van der Waals surface area contributed by atoms with Crippen molar-refractivity contribution in [3.05, 3.63) is 23.8 Å². The summed E-state index contributed by atoms with van der Waals surface area (Å²) in [6, 6.07) is 4.03. The molecule has 20 heavy (non-hydrogen) atoms. The van der Waals surface area contributed by atoms with E-state index in [4.69, 9.17) is 0 Å². The molecule has 0 spiro atoms. The number of benzene rings is 1. The first-order chi connectivity index (χ1) is 9.36. The Balaban J connectivity index is 1.90. The lowest BCUT2D eigenvalue weighted by Gasteiger charge is -2.31. The van der Waals surface area contributed by atoms with Crippen LogP contribution in [-0.2, 0) is 6.54 Å². The number of phenolic OH excluding ortho intramolecular Hbond substituents is 2. The molecule has 1 aromatic carbocycles. The maximum atomic E-state index is 12.7. The van der Waals surface area contributed by atoms with Gasteiger partial charge in [-0.05, 0) is 25.3 Å². The molecular formula is C14H18F3NO2. The summed E-state index contributed by atoms with van der Waals surface area (Å²) in [5.41, 5.74) is 0.567. The second-order valence-electron chi connectivity index (χ2n) is 5.30. The van der Waals surface area contributed by atoms with Crippen LogP contribution in [0.15, 0.2) is 18.2 Å². The molecule has 0 amide bonds. The van der Waals surface area contributed by atoms with Crippen LogP contribution in [0.3, 0.4) is 0 Å². The average molecular weight is 289 g/mol. The van der Waals surface area contributed by atoms with Gasteiger partial charge in [0.1, 0.15) is 11.5 Å². The molecule has 0 aliphatic heterocycles. The fourth-order valence-electron chi connectivity index (χ4n) is 2.63. The molecule has 2 atom stereocenters. The van der Waals surface area contributed by atoms with Crippen LogP contribution in [-0.4, -0.2) is 22.4 Å². The summed E-state index contributed by atoms with van der Waals surface area (Å²) in [5, 5.41) is 21.9. The normalized spacial score (nSPS) is 23.8. The van der Waals surface area contributed by atoms with Crippen LogP contribution in [0.2, 0.25) is 0 Å². The molecule has 0 radical (unpaired) electrons. The van der Waals surface area contributed by atoms with Crippen LogP contribution in [0.25, 0.3) is 0 Å². The predicted molar refractivity (Wildman–Crippen MR) is 68.4 cm³/mol. The van der Waals surface area contributed by atoms with Gasteiger partial charge in [0.05, 0.1) is 5.92 Å². The minimum Gasteiger partial charge on any atom is -0.508 e. The molecule has 1 aliphatic carbocycles. The van der Waals surface area contributed by atoms with Crippen molar-refractivity contribution in [2.24, 2.45) is 5.92 Å². The van der Waals surface area contributed by atoms with Crippen LogP contribution in [0.1, 0.15) is 31.2 Å². The summed E-state index contributed by atoms with van der Waals surface area (Å²) in [6.07, 6.45) is -2.57. The smallest absolute Gasteiger partial charge is 0.391 e. The zero-order valence-electron chi connectivity index (χ0n) is 11.0. The Morgan fingerprint density at radius 1 is 1.20 bits per heavy atom. The lowest BCUT2D eigenvalue weighted by Crippen LogP contribution is -2.38. The van der Waals surface area contributed by atoms with E-state index in [1.807, 2.05) is 0 Å². The van der Waals surface area contributed by atoms with Crippen LogP contribution < -0.4 is 5.32 Å². The molecule has 1 aromatic rings. The molecule has 112 valence electrons. The largest absolute Gasteiger partial charge is 0.508 e. The molecule has 1 saturated carbocycles. The monoisotopic (exact) mass is 289 g/mol. The van der Waals surface area contributed by atoms with Crippen molar-refractivity contribution >= 4 is 0 Å². The minimum atomic E-state index is -4.12. The van der Waals surface area contributed by atoms with E-state index in [9.17, 15) is 23.4 Å². The van der Waals surface area contributed by atoms with Gasteiger partial charge in [-0.15, -0.1) is 0 Å². The van der Waals surface area contributed by atoms with Gasteiger partial charge in [-0.1, -0.05) is 12.5 Å². The number of aromatic hydroxyl groups is 2. The van der Waals surface area contributed by atoms with Gasteiger partial charge in [0.15, 0.2) is 0 Å². The standard InChI is InChI=1S/C14H18F3NO2/c15-14(16,17)10-2-1-3-11(6-10)18-8-9-4-5-12(19)7-13(9)20/h4-5,7,10-11,18-20H,1-3,6,8H2. The van der Waals surface area contributed by atoms with E-state index >= 15 is 0 Å². The number of halogens is 3. The van der Waals surface area contributed by atoms with E-state index in [0.29, 0.717) is 24.9 Å². The highest BCUT2D eigenvalue weighted by molar-refractivity contribution is 5.38. The number of rotatable bonds is 3. The van der Waals surface area contributed by atoms with Gasteiger partial charge in [-0.2, -0.15) is 13.2 Å². The van der Waals surface area contributed by atoms with E-state index < -0.39 is 12.1 Å². The molecule has 0 saturated heterocycles. The van der Waals surface area contributed by atoms with Crippen LogP contribution in [0, 0.1) is 5.92 Å². The maximum Gasteiger partial charge on any atom is 0.391 e. The Labute approximate surface area is 115 Å². The summed E-state index contributed by atoms with van der Waals surface area (Å²) < 4.78 is 38.1. The number of alkyl halides is 3. The summed E-state index contributed by atoms with van der Waals surface area (Å²) in [4.78, 5) is 0. The summed E-state index contributed by atoms with van der Waals surface area (Å²) in [7, 11) is 0. The lowest BCUT2D eigenvalue weighted by atomic mass is 9.85. The Morgan fingerprint density at radius 3 is 2.60 bits per heavy atom. The van der Waals surface area contributed by atoms with E-state index in [2.05, 4.69) is 5.32 Å². The molecule has 1 aliphatic rings. The first-order valence-corrected chi connectivity index (χ1v) is 6.67. The zero-order valence-corrected chi connectivity index (χ0v) is 11.0. The van der Waals surface area contributed by atoms with Crippen LogP contribution >= 0.6 is 0 Å². The summed E-state index contributed by atoms with van der Waals surface area (Å²) in [6.45, 7) is 0.293. The predicted octanol–water partition coefficient (Wildman–Crippen LogP) is 3.31. The number of nitrogens with one attached hydrogen (secondary N) is 1. The van der Waals surface area contributed by atoms with Gasteiger partial charge in [0.2, 0.25) is 0 Å². The minimum absolute atomic E-state index is 0.0407. The highest BCUT2D eigenvalue weighted by Crippen LogP contribution is 2.37. The topological polar surface area (TPSA) is 52.5 Å². The molecule has 2 unspecified atom stereocenters. The third kappa shape index (κ3) is 3.79. The molecule has 2 rings (SSSR count). The number of hydrogen-bond donors (Lipinski definition) is 3. The highest BCUT2D eigenvalue weighted by Gasteiger charge is 2.41. The first-order valence-electron chi connectivity index (χ1n) is 6.67. The first kappa shape index (κ1) is 15.0. The molecule has 0 heterocycles. The average Bonchev–Trinajstić information content (AvgIpc) is 2.37. The van der Waals surface area contributed by atoms with E-state index in [0.717, 1.165) is 0 Å². The Bertz CT molecular complexity index is 462. The lowest BCUT2D eigenvalue weighted by molar-refractivity contribution is -0.183. The van der Waals surface area contributed by atoms with Gasteiger partial charge in [-0.3, -0.25) is 0 Å². The van der Waals surface area contributed by atoms with E-state index in [1.54, 1.807) is 6.07 Å². The fourth-order valence-corrected chi connectivity index (χ4v) is 2.63. The Hall–Kier alpha value is -1.43. The fraction of sp³-hybridized carbons (Fsp3) is 0.571. The second-order valence-corrected chi connectivity index (χ2v) is 5.30. The summed E-state index contributed by atoms with van der Waals surface area (Å²) >= 11 is 0. The van der Waals surface area contributed by atoms with Crippen molar-refractivity contribution in [2.45, 2.75) is 44.4 Å². The molecular weight excluding hydrogens is 271 g/mol. The van der Waals surface area contributed by atoms with Crippen molar-refractivity contribution in [1.29, 1.82) is 0 Å². The zero-order chi connectivity index (χ0) is 14.8. The summed E-state index contributed by atoms with van der Waals surface area (Å²) in [5.74, 6) is -1.33. The second kappa shape index (κ2) is 5.91. The molecule has 0 aromatic heterocycles. The third-order valence-electron chi connectivity index (χ3n) is 3.79. The Morgan fingerprint density at radius 2 is 1.95 bits per heavy atom. The van der Waals surface area contributed by atoms with Crippen molar-refractivity contribution < 1.29 is 23.4 Å². The number of hydrogen-bond acceptors (Lipinski definition) is 3. The van der Waals surface area contributed by atoms with E-state index in [-0.39, 0.29) is 30.4 Å². The highest BCUT2D eigenvalue weighted by atomic mass is 19.4. The van der Waals surface area contributed by atoms with Crippen molar-refractivity contribution in [2.75, 3.05) is 0 Å². The molecule has 6 heteroatoms. The molecule has 3 nitrogen and oxygen atoms in total. The molecule has 3 N–H and O–H groups in total. The van der Waals surface area contributed by atoms with Crippen LogP contribution in [0.5, 0.6) is 11.5 Å². The molecule has 1 fully saturated rings. The van der Waals surface area contributed by atoms with E-state index in [1.165, 1.54) is 12.1 Å². The SMILES string of the molecule is Oc1ccc(CNC2CCCC(C(F)(F)F)C2)c(O)c1. The van der Waals surface area contributed by atoms with Gasteiger partial charge in [0, 0.05) is 24.2 Å². The van der Waals surface area contributed by atoms with Gasteiger partial charge in [-0.25, -0.2) is 0 Å². The number of phenols is 2. The van der Waals surface area contributed by atoms with Crippen molar-refractivity contribution in [3.63, 3.8) is 0 Å². The quantitative estimate of drug-likeness (QED) is 0.800. The van der Waals surface area contributed by atoms with Crippen LogP contribution in [0.4, 0.5) is 13.2 Å². The van der Waals surface area contributed by atoms with Crippen molar-refractivity contribution in [1.82, 2.24) is 5.32 Å². The van der Waals surface area contributed by atoms with Crippen molar-refractivity contribution in [3.8, 4) is 11.5 Å². The molecule has 0 bridgehead atoms. The van der Waals surface area contributed by atoms with Gasteiger partial charge >= 0.3 is 6.18 Å². The van der Waals surface area contributed by atoms with Gasteiger partial charge in [0.25, 0.3) is 0 Å². The Kier molecular flexibility index (Phi) is 4.42. The van der Waals surface area contributed by atoms with Gasteiger partial charge < -0.3 is 15.5 Å². The third-order valence-corrected chi connectivity index (χ3v) is 3.79.